The number of aryl methyl sites for hydroxylation is 2. The summed E-state index contributed by atoms with van der Waals surface area (Å²) in [5.74, 6) is 3.18. The number of nitrogens with zero attached hydrogens (tertiary/aromatic N) is 1. The second-order valence-corrected chi connectivity index (χ2v) is 10.3. The van der Waals surface area contributed by atoms with E-state index in [1.54, 1.807) is 11.3 Å². The van der Waals surface area contributed by atoms with E-state index in [-0.39, 0.29) is 0 Å². The van der Waals surface area contributed by atoms with Crippen LogP contribution in [-0.4, -0.2) is 13.1 Å². The maximum Gasteiger partial charge on any atom is 0.129 e. The molecule has 0 aromatic carbocycles. The fraction of sp³-hybridized carbons (Fsp3) is 0.500. The molecule has 0 amide bonds. The zero-order chi connectivity index (χ0) is 10.1. The minimum absolute atomic E-state index is 0.977. The van der Waals surface area contributed by atoms with Crippen molar-refractivity contribution in [1.29, 1.82) is 0 Å². The van der Waals surface area contributed by atoms with Crippen LogP contribution in [0, 0.1) is 25.3 Å². The first-order valence-electron chi connectivity index (χ1n) is 4.36. The van der Waals surface area contributed by atoms with Gasteiger partial charge in [0.15, 0.2) is 0 Å². The van der Waals surface area contributed by atoms with Gasteiger partial charge in [-0.2, -0.15) is 0 Å². The van der Waals surface area contributed by atoms with Crippen molar-refractivity contribution in [3.8, 4) is 11.5 Å². The number of hydrogen-bond donors (Lipinski definition) is 0. The van der Waals surface area contributed by atoms with Crippen molar-refractivity contribution in [2.45, 2.75) is 33.5 Å². The second kappa shape index (κ2) is 3.65. The molecule has 0 aliphatic rings. The van der Waals surface area contributed by atoms with Crippen molar-refractivity contribution in [3.05, 3.63) is 15.6 Å². The van der Waals surface area contributed by atoms with Crippen molar-refractivity contribution in [2.24, 2.45) is 0 Å². The summed E-state index contributed by atoms with van der Waals surface area (Å²) in [5, 5.41) is 1.11. The van der Waals surface area contributed by atoms with Crippen LogP contribution < -0.4 is 0 Å². The molecule has 0 radical (unpaired) electrons. The van der Waals surface area contributed by atoms with E-state index in [1.165, 1.54) is 4.88 Å². The topological polar surface area (TPSA) is 12.9 Å². The number of rotatable bonds is 0. The van der Waals surface area contributed by atoms with Crippen LogP contribution in [0.2, 0.25) is 19.6 Å². The Morgan fingerprint density at radius 2 is 1.85 bits per heavy atom. The fourth-order valence-corrected chi connectivity index (χ4v) is 2.16. The van der Waals surface area contributed by atoms with Crippen LogP contribution in [0.15, 0.2) is 0 Å². The third-order valence-electron chi connectivity index (χ3n) is 1.46. The Bertz CT molecular complexity index is 363. The number of thiazole rings is 1. The van der Waals surface area contributed by atoms with Gasteiger partial charge in [-0.1, -0.05) is 25.6 Å². The normalized spacial score (nSPS) is 10.8. The highest BCUT2D eigenvalue weighted by Gasteiger charge is 2.08. The first-order valence-corrected chi connectivity index (χ1v) is 8.67. The van der Waals surface area contributed by atoms with Crippen molar-refractivity contribution in [2.75, 3.05) is 0 Å². The lowest BCUT2D eigenvalue weighted by Crippen LogP contribution is -2.16. The summed E-state index contributed by atoms with van der Waals surface area (Å²) in [5.41, 5.74) is 4.30. The second-order valence-electron chi connectivity index (χ2n) is 4.14. The third kappa shape index (κ3) is 3.33. The summed E-state index contributed by atoms with van der Waals surface area (Å²) in [6.07, 6.45) is 0. The van der Waals surface area contributed by atoms with Crippen LogP contribution in [0.5, 0.6) is 0 Å². The van der Waals surface area contributed by atoms with Gasteiger partial charge < -0.3 is 0 Å². The molecule has 0 saturated carbocycles. The van der Waals surface area contributed by atoms with E-state index in [2.05, 4.69) is 43.0 Å². The van der Waals surface area contributed by atoms with Gasteiger partial charge in [0.2, 0.25) is 0 Å². The van der Waals surface area contributed by atoms with Crippen molar-refractivity contribution >= 4 is 19.4 Å². The van der Waals surface area contributed by atoms with E-state index >= 15 is 0 Å². The largest absolute Gasteiger partial charge is 0.233 e. The van der Waals surface area contributed by atoms with Gasteiger partial charge in [-0.05, 0) is 13.8 Å². The van der Waals surface area contributed by atoms with Gasteiger partial charge in [0.1, 0.15) is 13.8 Å². The molecule has 0 unspecified atom stereocenters. The molecule has 1 aromatic rings. The Kier molecular flexibility index (Phi) is 2.94. The Labute approximate surface area is 85.2 Å². The molecule has 0 aliphatic carbocycles. The van der Waals surface area contributed by atoms with Crippen LogP contribution in [0.3, 0.4) is 0 Å². The molecule has 0 spiro atoms. The molecule has 0 atom stereocenters. The van der Waals surface area contributed by atoms with Gasteiger partial charge >= 0.3 is 0 Å². The van der Waals surface area contributed by atoms with Gasteiger partial charge in [0, 0.05) is 4.88 Å². The first-order chi connectivity index (χ1) is 5.88. The molecule has 0 N–H and O–H groups in total. The Morgan fingerprint density at radius 1 is 1.23 bits per heavy atom. The zero-order valence-electron chi connectivity index (χ0n) is 8.86. The molecule has 0 fully saturated rings. The van der Waals surface area contributed by atoms with E-state index < -0.39 is 8.07 Å². The molecule has 3 heteroatoms. The highest BCUT2D eigenvalue weighted by molar-refractivity contribution is 7.11. The van der Waals surface area contributed by atoms with Gasteiger partial charge in [-0.3, -0.25) is 0 Å². The van der Waals surface area contributed by atoms with E-state index in [0.29, 0.717) is 0 Å². The lowest BCUT2D eigenvalue weighted by atomic mass is 10.4. The fourth-order valence-electron chi connectivity index (χ4n) is 0.892. The Morgan fingerprint density at radius 3 is 2.23 bits per heavy atom. The van der Waals surface area contributed by atoms with Crippen molar-refractivity contribution < 1.29 is 0 Å². The highest BCUT2D eigenvalue weighted by Crippen LogP contribution is 2.15. The summed E-state index contributed by atoms with van der Waals surface area (Å²) in [4.78, 5) is 5.62. The monoisotopic (exact) mass is 209 g/mol. The predicted molar refractivity (Wildman–Crippen MR) is 61.8 cm³/mol. The van der Waals surface area contributed by atoms with Crippen LogP contribution in [0.25, 0.3) is 0 Å². The zero-order valence-corrected chi connectivity index (χ0v) is 10.7. The molecule has 0 saturated heterocycles. The van der Waals surface area contributed by atoms with E-state index in [0.717, 1.165) is 10.7 Å². The summed E-state index contributed by atoms with van der Waals surface area (Å²) in [6.45, 7) is 10.8. The molecule has 1 rings (SSSR count). The molecule has 70 valence electrons. The molecular formula is C10H15NSSi. The molecule has 13 heavy (non-hydrogen) atoms. The molecule has 1 aromatic heterocycles. The third-order valence-corrected chi connectivity index (χ3v) is 3.22. The summed E-state index contributed by atoms with van der Waals surface area (Å²) >= 11 is 1.72. The molecule has 1 heterocycles. The van der Waals surface area contributed by atoms with E-state index in [1.807, 2.05) is 6.92 Å². The summed E-state index contributed by atoms with van der Waals surface area (Å²) < 4.78 is 0. The molecular weight excluding hydrogens is 194 g/mol. The molecule has 1 nitrogen and oxygen atoms in total. The van der Waals surface area contributed by atoms with E-state index in [9.17, 15) is 0 Å². The quantitative estimate of drug-likeness (QED) is 0.473. The van der Waals surface area contributed by atoms with Crippen LogP contribution in [-0.2, 0) is 0 Å². The molecule has 0 aliphatic heterocycles. The van der Waals surface area contributed by atoms with Crippen molar-refractivity contribution in [3.63, 3.8) is 0 Å². The van der Waals surface area contributed by atoms with Crippen LogP contribution in [0.4, 0.5) is 0 Å². The average Bonchev–Trinajstić information content (AvgIpc) is 2.24. The predicted octanol–water partition coefficient (Wildman–Crippen LogP) is 2.99. The lowest BCUT2D eigenvalue weighted by molar-refractivity contribution is 1.25. The maximum absolute atomic E-state index is 4.38. The van der Waals surface area contributed by atoms with Crippen molar-refractivity contribution in [1.82, 2.24) is 4.98 Å². The lowest BCUT2D eigenvalue weighted by Gasteiger charge is -2.02. The Hall–Kier alpha value is -0.593. The smallest absolute Gasteiger partial charge is 0.129 e. The Balaban J connectivity index is 2.96. The van der Waals surface area contributed by atoms with Gasteiger partial charge in [-0.25, -0.2) is 4.98 Å². The van der Waals surface area contributed by atoms with Gasteiger partial charge in [0.25, 0.3) is 0 Å². The van der Waals surface area contributed by atoms with Crippen LogP contribution in [0.1, 0.15) is 15.6 Å². The van der Waals surface area contributed by atoms with Gasteiger partial charge in [-0.15, -0.1) is 16.9 Å². The van der Waals surface area contributed by atoms with Crippen LogP contribution >= 0.6 is 11.3 Å². The minimum Gasteiger partial charge on any atom is -0.233 e. The number of aromatic nitrogens is 1. The summed E-state index contributed by atoms with van der Waals surface area (Å²) in [6, 6.07) is 0. The number of hydrogen-bond acceptors (Lipinski definition) is 2. The SMILES string of the molecule is Cc1nc(C#C[Si](C)(C)C)c(C)s1. The molecule has 0 bridgehead atoms. The minimum atomic E-state index is -1.25. The highest BCUT2D eigenvalue weighted by atomic mass is 32.1. The summed E-state index contributed by atoms with van der Waals surface area (Å²) in [7, 11) is -1.25. The van der Waals surface area contributed by atoms with Gasteiger partial charge in [0.05, 0.1) is 5.01 Å². The maximum atomic E-state index is 4.38. The standard InChI is InChI=1S/C10H15NSSi/c1-8-10(11-9(2)12-8)6-7-13(3,4)5/h1-5H3. The van der Waals surface area contributed by atoms with E-state index in [4.69, 9.17) is 0 Å². The average molecular weight is 209 g/mol. The first kappa shape index (κ1) is 10.5.